The average molecular weight is 292 g/mol. The molecule has 2 amide bonds. The van der Waals surface area contributed by atoms with Crippen molar-refractivity contribution >= 4 is 17.7 Å². The maximum absolute atomic E-state index is 11.7. The number of carbonyl (C=O) groups excluding carboxylic acids is 1. The monoisotopic (exact) mass is 292 g/mol. The molecule has 0 radical (unpaired) electrons. The Morgan fingerprint density at radius 1 is 1.19 bits per heavy atom. The third-order valence-corrected chi connectivity index (χ3v) is 3.14. The van der Waals surface area contributed by atoms with Gasteiger partial charge in [0, 0.05) is 18.7 Å². The minimum atomic E-state index is -0.859. The highest BCUT2D eigenvalue weighted by Gasteiger charge is 2.13. The maximum Gasteiger partial charge on any atom is 0.319 e. The molecule has 1 aromatic carbocycles. The van der Waals surface area contributed by atoms with Crippen molar-refractivity contribution in [2.45, 2.75) is 39.5 Å². The summed E-state index contributed by atoms with van der Waals surface area (Å²) < 4.78 is 0. The molecule has 21 heavy (non-hydrogen) atoms. The number of benzene rings is 1. The van der Waals surface area contributed by atoms with Gasteiger partial charge in [-0.2, -0.15) is 0 Å². The van der Waals surface area contributed by atoms with E-state index in [-0.39, 0.29) is 23.8 Å². The average Bonchev–Trinajstić information content (AvgIpc) is 2.35. The first-order valence-corrected chi connectivity index (χ1v) is 7.05. The van der Waals surface area contributed by atoms with Crippen LogP contribution in [0.5, 0.6) is 0 Å². The summed E-state index contributed by atoms with van der Waals surface area (Å²) in [6, 6.07) is 7.38. The summed E-state index contributed by atoms with van der Waals surface area (Å²) in [4.78, 5) is 22.2. The molecule has 1 rings (SSSR count). The van der Waals surface area contributed by atoms with E-state index >= 15 is 0 Å². The van der Waals surface area contributed by atoms with Crippen LogP contribution >= 0.6 is 0 Å². The van der Waals surface area contributed by atoms with E-state index in [0.717, 1.165) is 0 Å². The molecule has 1 aromatic rings. The van der Waals surface area contributed by atoms with E-state index < -0.39 is 5.97 Å². The molecule has 0 aliphatic heterocycles. The number of rotatable bonds is 5. The van der Waals surface area contributed by atoms with Crippen LogP contribution in [0.4, 0.5) is 10.5 Å². The fourth-order valence-corrected chi connectivity index (χ4v) is 1.87. The molecule has 0 heterocycles. The van der Waals surface area contributed by atoms with E-state index in [2.05, 4.69) is 31.4 Å². The third kappa shape index (κ3) is 6.29. The summed E-state index contributed by atoms with van der Waals surface area (Å²) in [5, 5.41) is 14.0. The minimum Gasteiger partial charge on any atom is -0.481 e. The zero-order chi connectivity index (χ0) is 16.0. The topological polar surface area (TPSA) is 78.4 Å². The molecule has 116 valence electrons. The Labute approximate surface area is 125 Å². The number of hydrogen-bond acceptors (Lipinski definition) is 2. The molecular weight excluding hydrogens is 268 g/mol. The van der Waals surface area contributed by atoms with Crippen LogP contribution in [0.3, 0.4) is 0 Å². The van der Waals surface area contributed by atoms with Gasteiger partial charge in [0.2, 0.25) is 0 Å². The highest BCUT2D eigenvalue weighted by Crippen LogP contribution is 2.23. The quantitative estimate of drug-likeness (QED) is 0.779. The molecule has 5 heteroatoms. The van der Waals surface area contributed by atoms with Gasteiger partial charge in [0.1, 0.15) is 0 Å². The molecular formula is C16H24N2O3. The van der Waals surface area contributed by atoms with Gasteiger partial charge in [-0.25, -0.2) is 4.79 Å². The van der Waals surface area contributed by atoms with Crippen LogP contribution in [-0.4, -0.2) is 23.7 Å². The Balaban J connectivity index is 2.46. The molecule has 0 saturated carbocycles. The smallest absolute Gasteiger partial charge is 0.319 e. The lowest BCUT2D eigenvalue weighted by atomic mass is 9.87. The normalized spacial score (nSPS) is 12.6. The van der Waals surface area contributed by atoms with Crippen LogP contribution in [-0.2, 0) is 10.2 Å². The summed E-state index contributed by atoms with van der Waals surface area (Å²) in [6.07, 6.45) is 0.0422. The number of carboxylic acid groups (broad SMARTS) is 1. The van der Waals surface area contributed by atoms with Crippen molar-refractivity contribution in [2.24, 2.45) is 5.92 Å². The third-order valence-electron chi connectivity index (χ3n) is 3.14. The van der Waals surface area contributed by atoms with E-state index in [4.69, 9.17) is 5.11 Å². The molecule has 1 unspecified atom stereocenters. The molecule has 0 spiro atoms. The van der Waals surface area contributed by atoms with Crippen molar-refractivity contribution in [1.82, 2.24) is 5.32 Å². The number of nitrogens with one attached hydrogen (secondary N) is 2. The number of urea groups is 1. The lowest BCUT2D eigenvalue weighted by Crippen LogP contribution is -2.33. The van der Waals surface area contributed by atoms with E-state index in [1.54, 1.807) is 6.92 Å². The second kappa shape index (κ2) is 7.11. The number of anilines is 1. The van der Waals surface area contributed by atoms with E-state index in [1.165, 1.54) is 5.56 Å². The van der Waals surface area contributed by atoms with Gasteiger partial charge in [-0.15, -0.1) is 0 Å². The van der Waals surface area contributed by atoms with E-state index in [1.807, 2.05) is 24.3 Å². The Morgan fingerprint density at radius 3 is 2.24 bits per heavy atom. The Morgan fingerprint density at radius 2 is 1.76 bits per heavy atom. The second-order valence-corrected chi connectivity index (χ2v) is 6.37. The predicted octanol–water partition coefficient (Wildman–Crippen LogP) is 3.22. The number of carbonyl (C=O) groups is 2. The molecule has 0 aliphatic carbocycles. The number of aliphatic carboxylic acids is 1. The second-order valence-electron chi connectivity index (χ2n) is 6.37. The summed E-state index contributed by atoms with van der Waals surface area (Å²) in [5.74, 6) is -0.959. The minimum absolute atomic E-state index is 0.0422. The van der Waals surface area contributed by atoms with Crippen LogP contribution in [0.2, 0.25) is 0 Å². The molecule has 3 N–H and O–H groups in total. The summed E-state index contributed by atoms with van der Waals surface area (Å²) >= 11 is 0. The first-order valence-electron chi connectivity index (χ1n) is 7.05. The van der Waals surface area contributed by atoms with Gasteiger partial charge < -0.3 is 15.7 Å². The molecule has 0 saturated heterocycles. The summed E-state index contributed by atoms with van der Waals surface area (Å²) in [6.45, 7) is 8.51. The van der Waals surface area contributed by atoms with Crippen LogP contribution in [0.25, 0.3) is 0 Å². The van der Waals surface area contributed by atoms with Crippen LogP contribution in [0, 0.1) is 5.92 Å². The molecule has 0 bridgehead atoms. The number of carboxylic acids is 1. The van der Waals surface area contributed by atoms with Gasteiger partial charge in [0.25, 0.3) is 0 Å². The Bertz CT molecular complexity index is 489. The first kappa shape index (κ1) is 17.0. The van der Waals surface area contributed by atoms with Crippen molar-refractivity contribution in [1.29, 1.82) is 0 Å². The van der Waals surface area contributed by atoms with Crippen LogP contribution < -0.4 is 10.6 Å². The highest BCUT2D eigenvalue weighted by molar-refractivity contribution is 5.89. The Kier molecular flexibility index (Phi) is 5.76. The van der Waals surface area contributed by atoms with Gasteiger partial charge >= 0.3 is 12.0 Å². The maximum atomic E-state index is 11.7. The molecule has 1 atom stereocenters. The van der Waals surface area contributed by atoms with Gasteiger partial charge in [-0.3, -0.25) is 4.79 Å². The lowest BCUT2D eigenvalue weighted by Gasteiger charge is -2.19. The SMILES string of the molecule is CC(CNC(=O)Nc1ccc(C(C)(C)C)cc1)CC(=O)O. The van der Waals surface area contributed by atoms with Gasteiger partial charge in [0.05, 0.1) is 0 Å². The van der Waals surface area contributed by atoms with Gasteiger partial charge in [-0.05, 0) is 29.0 Å². The molecule has 0 aromatic heterocycles. The fourth-order valence-electron chi connectivity index (χ4n) is 1.87. The molecule has 0 fully saturated rings. The molecule has 0 aliphatic rings. The van der Waals surface area contributed by atoms with Crippen molar-refractivity contribution < 1.29 is 14.7 Å². The standard InChI is InChI=1S/C16H24N2O3/c1-11(9-14(19)20)10-17-15(21)18-13-7-5-12(6-8-13)16(2,3)4/h5-8,11H,9-10H2,1-4H3,(H,19,20)(H2,17,18,21). The predicted molar refractivity (Wildman–Crippen MR) is 83.6 cm³/mol. The van der Waals surface area contributed by atoms with Crippen LogP contribution in [0.15, 0.2) is 24.3 Å². The number of hydrogen-bond donors (Lipinski definition) is 3. The first-order chi connectivity index (χ1) is 9.68. The van der Waals surface area contributed by atoms with Crippen molar-refractivity contribution in [3.8, 4) is 0 Å². The largest absolute Gasteiger partial charge is 0.481 e. The van der Waals surface area contributed by atoms with Crippen molar-refractivity contribution in [3.05, 3.63) is 29.8 Å². The fraction of sp³-hybridized carbons (Fsp3) is 0.500. The van der Waals surface area contributed by atoms with Gasteiger partial charge in [-0.1, -0.05) is 39.8 Å². The van der Waals surface area contributed by atoms with E-state index in [0.29, 0.717) is 12.2 Å². The number of amides is 2. The summed E-state index contributed by atoms with van der Waals surface area (Å²) in [5.41, 5.74) is 1.99. The van der Waals surface area contributed by atoms with Crippen LogP contribution in [0.1, 0.15) is 39.7 Å². The molecule has 5 nitrogen and oxygen atoms in total. The summed E-state index contributed by atoms with van der Waals surface area (Å²) in [7, 11) is 0. The zero-order valence-electron chi connectivity index (χ0n) is 13.1. The van der Waals surface area contributed by atoms with E-state index in [9.17, 15) is 9.59 Å². The Hall–Kier alpha value is -2.04. The lowest BCUT2D eigenvalue weighted by molar-refractivity contribution is -0.137. The van der Waals surface area contributed by atoms with Crippen molar-refractivity contribution in [3.63, 3.8) is 0 Å². The zero-order valence-corrected chi connectivity index (χ0v) is 13.1. The van der Waals surface area contributed by atoms with Crippen molar-refractivity contribution in [2.75, 3.05) is 11.9 Å². The van der Waals surface area contributed by atoms with Gasteiger partial charge in [0.15, 0.2) is 0 Å². The highest BCUT2D eigenvalue weighted by atomic mass is 16.4.